The summed E-state index contributed by atoms with van der Waals surface area (Å²) in [6.45, 7) is 5.71. The maximum absolute atomic E-state index is 13.2. The zero-order valence-corrected chi connectivity index (χ0v) is 27.5. The molecular weight excluding hydrogens is 636 g/mol. The summed E-state index contributed by atoms with van der Waals surface area (Å²) in [5.41, 5.74) is 2.76. The molecule has 15 nitrogen and oxygen atoms in total. The van der Waals surface area contributed by atoms with Crippen LogP contribution in [0.25, 0.3) is 11.1 Å². The van der Waals surface area contributed by atoms with Gasteiger partial charge in [0.25, 0.3) is 11.4 Å². The summed E-state index contributed by atoms with van der Waals surface area (Å²) < 4.78 is 10.9. The molecule has 0 spiro atoms. The van der Waals surface area contributed by atoms with E-state index in [1.807, 2.05) is 48.5 Å². The lowest BCUT2D eigenvalue weighted by Gasteiger charge is -2.21. The quantitative estimate of drug-likeness (QED) is 0.0887. The first-order chi connectivity index (χ1) is 23.3. The Morgan fingerprint density at radius 3 is 2.08 bits per heavy atom. The fourth-order valence-corrected chi connectivity index (χ4v) is 5.47. The second-order valence-corrected chi connectivity index (χ2v) is 12.4. The van der Waals surface area contributed by atoms with E-state index in [-0.39, 0.29) is 37.7 Å². The number of ether oxygens (including phenoxy) is 2. The Kier molecular flexibility index (Phi) is 12.1. The van der Waals surface area contributed by atoms with Crippen LogP contribution in [0.2, 0.25) is 0 Å². The molecule has 260 valence electrons. The molecular formula is C34H40N6O9. The fourth-order valence-electron chi connectivity index (χ4n) is 5.47. The number of anilines is 1. The van der Waals surface area contributed by atoms with Crippen LogP contribution in [0.4, 0.5) is 26.7 Å². The molecule has 0 saturated heterocycles. The third-order valence-electron chi connectivity index (χ3n) is 7.67. The lowest BCUT2D eigenvalue weighted by Crippen LogP contribution is -2.48. The molecule has 1 aliphatic rings. The number of nitrogens with zero attached hydrogens (tertiary/aromatic N) is 2. The lowest BCUT2D eigenvalue weighted by atomic mass is 9.98. The van der Waals surface area contributed by atoms with Gasteiger partial charge in [-0.25, -0.2) is 9.59 Å². The van der Waals surface area contributed by atoms with E-state index in [1.54, 1.807) is 20.8 Å². The molecule has 0 saturated carbocycles. The van der Waals surface area contributed by atoms with Gasteiger partial charge in [-0.05, 0) is 68.4 Å². The van der Waals surface area contributed by atoms with Gasteiger partial charge >= 0.3 is 12.2 Å². The molecule has 49 heavy (non-hydrogen) atoms. The van der Waals surface area contributed by atoms with Gasteiger partial charge in [0.05, 0.1) is 15.9 Å². The molecule has 3 amide bonds. The highest BCUT2D eigenvalue weighted by Crippen LogP contribution is 2.44. The summed E-state index contributed by atoms with van der Waals surface area (Å²) in [7, 11) is 0. The van der Waals surface area contributed by atoms with E-state index in [1.165, 1.54) is 6.07 Å². The average Bonchev–Trinajstić information content (AvgIpc) is 3.37. The molecule has 0 aromatic heterocycles. The Morgan fingerprint density at radius 1 is 0.816 bits per heavy atom. The number of fused-ring (bicyclic) bond motifs is 3. The number of carbonyl (C=O) groups excluding carboxylic acids is 3. The zero-order chi connectivity index (χ0) is 35.6. The van der Waals surface area contributed by atoms with Crippen molar-refractivity contribution in [3.8, 4) is 11.1 Å². The maximum Gasteiger partial charge on any atom is 0.407 e. The van der Waals surface area contributed by atoms with Gasteiger partial charge in [0.2, 0.25) is 5.91 Å². The first kappa shape index (κ1) is 36.1. The molecule has 1 aliphatic carbocycles. The van der Waals surface area contributed by atoms with Gasteiger partial charge in [-0.2, -0.15) is 0 Å². The van der Waals surface area contributed by atoms with Crippen LogP contribution in [0.1, 0.15) is 57.1 Å². The number of amides is 3. The smallest absolute Gasteiger partial charge is 0.407 e. The number of carbonyl (C=O) groups is 3. The summed E-state index contributed by atoms with van der Waals surface area (Å²) in [5.74, 6) is -0.674. The van der Waals surface area contributed by atoms with E-state index in [9.17, 15) is 34.6 Å². The van der Waals surface area contributed by atoms with Gasteiger partial charge in [0.15, 0.2) is 0 Å². The molecule has 0 unspecified atom stereocenters. The Labute approximate surface area is 283 Å². The van der Waals surface area contributed by atoms with Gasteiger partial charge in [-0.1, -0.05) is 48.5 Å². The maximum atomic E-state index is 13.2. The Bertz CT molecular complexity index is 1650. The van der Waals surface area contributed by atoms with Crippen molar-refractivity contribution in [3.63, 3.8) is 0 Å². The highest BCUT2D eigenvalue weighted by molar-refractivity contribution is 5.85. The number of rotatable bonds is 15. The Balaban J connectivity index is 1.34. The van der Waals surface area contributed by atoms with Crippen LogP contribution in [-0.4, -0.2) is 65.8 Å². The van der Waals surface area contributed by atoms with Gasteiger partial charge in [0, 0.05) is 31.6 Å². The van der Waals surface area contributed by atoms with Crippen molar-refractivity contribution >= 4 is 35.2 Å². The number of nitro benzene ring substituents is 2. The van der Waals surface area contributed by atoms with Crippen LogP contribution in [0.5, 0.6) is 0 Å². The van der Waals surface area contributed by atoms with Crippen molar-refractivity contribution in [3.05, 3.63) is 98.1 Å². The van der Waals surface area contributed by atoms with Gasteiger partial charge in [-0.3, -0.25) is 25.0 Å². The predicted molar refractivity (Wildman–Crippen MR) is 181 cm³/mol. The van der Waals surface area contributed by atoms with E-state index in [0.29, 0.717) is 19.4 Å². The third-order valence-corrected chi connectivity index (χ3v) is 7.67. The van der Waals surface area contributed by atoms with Crippen LogP contribution in [-0.2, 0) is 14.3 Å². The number of nitro groups is 2. The normalized spacial score (nSPS) is 12.6. The molecule has 0 aliphatic heterocycles. The number of unbranched alkanes of at least 4 members (excludes halogenated alkanes) is 1. The average molecular weight is 677 g/mol. The number of non-ortho nitro benzene ring substituents is 1. The number of hydrogen-bond donors (Lipinski definition) is 4. The molecule has 3 aromatic carbocycles. The predicted octanol–water partition coefficient (Wildman–Crippen LogP) is 5.63. The Morgan fingerprint density at radius 2 is 1.47 bits per heavy atom. The van der Waals surface area contributed by atoms with E-state index < -0.39 is 51.0 Å². The van der Waals surface area contributed by atoms with Crippen molar-refractivity contribution in [2.45, 2.75) is 57.6 Å². The topological polar surface area (TPSA) is 204 Å². The molecule has 3 aromatic rings. The van der Waals surface area contributed by atoms with Gasteiger partial charge in [0.1, 0.15) is 23.9 Å². The molecule has 15 heteroatoms. The number of hydrogen-bond acceptors (Lipinski definition) is 10. The lowest BCUT2D eigenvalue weighted by molar-refractivity contribution is -0.393. The molecule has 0 fully saturated rings. The largest absolute Gasteiger partial charge is 0.449 e. The monoisotopic (exact) mass is 676 g/mol. The highest BCUT2D eigenvalue weighted by Gasteiger charge is 2.30. The SMILES string of the molecule is CC(C)(C)OC(=O)NCCCC[C@H](NC(=O)OCC1c2ccccc2-c2ccccc21)C(=O)NCCNc1ccc([N+](=O)[O-])cc1[N+](=O)[O-]. The van der Waals surface area contributed by atoms with Crippen molar-refractivity contribution in [1.29, 1.82) is 0 Å². The minimum Gasteiger partial charge on any atom is -0.449 e. The van der Waals surface area contributed by atoms with Crippen LogP contribution < -0.4 is 21.3 Å². The number of benzene rings is 3. The molecule has 0 bridgehead atoms. The van der Waals surface area contributed by atoms with E-state index in [0.717, 1.165) is 34.4 Å². The van der Waals surface area contributed by atoms with E-state index in [2.05, 4.69) is 21.3 Å². The fraction of sp³-hybridized carbons (Fsp3) is 0.382. The summed E-state index contributed by atoms with van der Waals surface area (Å²) in [5, 5.41) is 33.3. The first-order valence-corrected chi connectivity index (χ1v) is 15.9. The first-order valence-electron chi connectivity index (χ1n) is 15.9. The van der Waals surface area contributed by atoms with Crippen LogP contribution in [0.3, 0.4) is 0 Å². The summed E-state index contributed by atoms with van der Waals surface area (Å²) in [6.07, 6.45) is -0.133. The summed E-state index contributed by atoms with van der Waals surface area (Å²) in [4.78, 5) is 59.2. The summed E-state index contributed by atoms with van der Waals surface area (Å²) >= 11 is 0. The molecule has 1 atom stereocenters. The van der Waals surface area contributed by atoms with Crippen LogP contribution in [0.15, 0.2) is 66.7 Å². The standard InChI is InChI=1S/C34H40N6O9/c1-34(2,3)49-32(42)37-17-9-8-14-29(31(41)36-19-18-35-28-16-15-22(39(44)45)20-30(28)40(46)47)38-33(43)48-21-27-25-12-6-4-10-23(25)24-11-5-7-13-26(24)27/h4-7,10-13,15-16,20,27,29,35H,8-9,14,17-19,21H2,1-3H3,(H,36,41)(H,37,42)(H,38,43)/t29-/m0/s1. The van der Waals surface area contributed by atoms with Crippen molar-refractivity contribution < 1.29 is 33.7 Å². The summed E-state index contributed by atoms with van der Waals surface area (Å²) in [6, 6.07) is 18.1. The van der Waals surface area contributed by atoms with Gasteiger partial charge in [-0.15, -0.1) is 0 Å². The molecule has 4 N–H and O–H groups in total. The second kappa shape index (κ2) is 16.4. The van der Waals surface area contributed by atoms with E-state index >= 15 is 0 Å². The van der Waals surface area contributed by atoms with Crippen molar-refractivity contribution in [2.24, 2.45) is 0 Å². The molecule has 0 radical (unpaired) electrons. The minimum absolute atomic E-state index is 0.0239. The minimum atomic E-state index is -0.981. The van der Waals surface area contributed by atoms with E-state index in [4.69, 9.17) is 9.47 Å². The van der Waals surface area contributed by atoms with Crippen LogP contribution in [0, 0.1) is 20.2 Å². The zero-order valence-electron chi connectivity index (χ0n) is 27.5. The van der Waals surface area contributed by atoms with Gasteiger partial charge < -0.3 is 30.7 Å². The van der Waals surface area contributed by atoms with Crippen LogP contribution >= 0.6 is 0 Å². The molecule has 4 rings (SSSR count). The second-order valence-electron chi connectivity index (χ2n) is 12.4. The third kappa shape index (κ3) is 10.1. The highest BCUT2D eigenvalue weighted by atomic mass is 16.6. The molecule has 0 heterocycles. The van der Waals surface area contributed by atoms with Crippen molar-refractivity contribution in [2.75, 3.05) is 31.6 Å². The Hall–Kier alpha value is -5.73. The van der Waals surface area contributed by atoms with Crippen molar-refractivity contribution in [1.82, 2.24) is 16.0 Å². The number of alkyl carbamates (subject to hydrolysis) is 2. The number of nitrogens with one attached hydrogen (secondary N) is 4.